The molecule has 142 valence electrons. The van der Waals surface area contributed by atoms with Crippen LogP contribution in [0.15, 0.2) is 40.4 Å². The van der Waals surface area contributed by atoms with Gasteiger partial charge in [-0.15, -0.1) is 0 Å². The molecule has 1 amide bonds. The lowest BCUT2D eigenvalue weighted by atomic mass is 10.1. The van der Waals surface area contributed by atoms with Crippen LogP contribution < -0.4 is 14.8 Å². The molecule has 0 spiro atoms. The Labute approximate surface area is 180 Å². The molecular formula is C19H12BrCl2N3O3. The van der Waals surface area contributed by atoms with Gasteiger partial charge >= 0.3 is 0 Å². The fourth-order valence-corrected chi connectivity index (χ4v) is 2.86. The molecule has 0 fully saturated rings. The number of methoxy groups -OCH3 is 1. The Morgan fingerprint density at radius 3 is 2.57 bits per heavy atom. The standard InChI is InChI=1S/C19H12BrCl2N3O3/c1-27-17-7-11(14(20)9-18(17)28-5-4-23)6-12(10-24)19(26)25-13-2-3-15(21)16(22)8-13/h2-3,6-9H,5H2,1H3,(H,25,26)/b12-6+. The summed E-state index contributed by atoms with van der Waals surface area (Å²) in [6.45, 7) is -0.145. The number of nitrogens with zero attached hydrogens (tertiary/aromatic N) is 2. The molecular weight excluding hydrogens is 469 g/mol. The zero-order valence-corrected chi connectivity index (χ0v) is 17.5. The highest BCUT2D eigenvalue weighted by atomic mass is 79.9. The predicted octanol–water partition coefficient (Wildman–Crippen LogP) is 5.21. The molecule has 2 aromatic rings. The number of ether oxygens (including phenoxy) is 2. The van der Waals surface area contributed by atoms with Crippen LogP contribution in [0.25, 0.3) is 6.08 Å². The Bertz CT molecular complexity index is 1030. The SMILES string of the molecule is COc1cc(/C=C(\C#N)C(=O)Nc2ccc(Cl)c(Cl)c2)c(Br)cc1OCC#N. The topological polar surface area (TPSA) is 95.1 Å². The van der Waals surface area contributed by atoms with E-state index < -0.39 is 5.91 Å². The van der Waals surface area contributed by atoms with Gasteiger partial charge in [0, 0.05) is 10.2 Å². The number of halogens is 3. The summed E-state index contributed by atoms with van der Waals surface area (Å²) in [5.74, 6) is 0.0929. The van der Waals surface area contributed by atoms with Gasteiger partial charge in [-0.1, -0.05) is 39.1 Å². The van der Waals surface area contributed by atoms with Gasteiger partial charge in [0.15, 0.2) is 18.1 Å². The maximum Gasteiger partial charge on any atom is 0.266 e. The molecule has 0 aromatic heterocycles. The average Bonchev–Trinajstić information content (AvgIpc) is 2.68. The van der Waals surface area contributed by atoms with Crippen molar-refractivity contribution in [2.24, 2.45) is 0 Å². The zero-order valence-electron chi connectivity index (χ0n) is 14.4. The number of amides is 1. The molecule has 0 radical (unpaired) electrons. The Balaban J connectivity index is 2.32. The molecule has 6 nitrogen and oxygen atoms in total. The normalized spacial score (nSPS) is 10.6. The van der Waals surface area contributed by atoms with Crippen LogP contribution in [0.4, 0.5) is 5.69 Å². The lowest BCUT2D eigenvalue weighted by Gasteiger charge is -2.11. The number of carbonyl (C=O) groups is 1. The number of benzene rings is 2. The molecule has 0 unspecified atom stereocenters. The number of hydrogen-bond donors (Lipinski definition) is 1. The van der Waals surface area contributed by atoms with Gasteiger partial charge < -0.3 is 14.8 Å². The van der Waals surface area contributed by atoms with Crippen LogP contribution in [0.1, 0.15) is 5.56 Å². The predicted molar refractivity (Wildman–Crippen MR) is 110 cm³/mol. The van der Waals surface area contributed by atoms with Gasteiger partial charge in [-0.3, -0.25) is 4.79 Å². The number of rotatable bonds is 6. The molecule has 1 N–H and O–H groups in total. The second-order valence-electron chi connectivity index (χ2n) is 5.22. The fourth-order valence-electron chi connectivity index (χ4n) is 2.12. The van der Waals surface area contributed by atoms with Crippen LogP contribution in [0, 0.1) is 22.7 Å². The van der Waals surface area contributed by atoms with E-state index in [1.807, 2.05) is 12.1 Å². The van der Waals surface area contributed by atoms with Crippen molar-refractivity contribution >= 4 is 56.8 Å². The molecule has 2 aromatic carbocycles. The zero-order chi connectivity index (χ0) is 20.7. The van der Waals surface area contributed by atoms with Crippen molar-refractivity contribution in [2.45, 2.75) is 0 Å². The van der Waals surface area contributed by atoms with Gasteiger partial charge in [-0.25, -0.2) is 0 Å². The van der Waals surface area contributed by atoms with Crippen LogP contribution in [0.2, 0.25) is 10.0 Å². The minimum atomic E-state index is -0.614. The summed E-state index contributed by atoms with van der Waals surface area (Å²) in [6.07, 6.45) is 1.40. The summed E-state index contributed by atoms with van der Waals surface area (Å²) in [5, 5.41) is 21.3. The highest BCUT2D eigenvalue weighted by Crippen LogP contribution is 2.34. The van der Waals surface area contributed by atoms with Gasteiger partial charge in [0.2, 0.25) is 0 Å². The van der Waals surface area contributed by atoms with Crippen LogP contribution in [-0.2, 0) is 4.79 Å². The fraction of sp³-hybridized carbons (Fsp3) is 0.105. The number of nitriles is 2. The third-order valence-electron chi connectivity index (χ3n) is 3.42. The van der Waals surface area contributed by atoms with Gasteiger partial charge in [0.1, 0.15) is 17.7 Å². The number of hydrogen-bond acceptors (Lipinski definition) is 5. The molecule has 0 atom stereocenters. The average molecular weight is 481 g/mol. The summed E-state index contributed by atoms with van der Waals surface area (Å²) >= 11 is 15.1. The summed E-state index contributed by atoms with van der Waals surface area (Å²) in [5.41, 5.74) is 0.777. The van der Waals surface area contributed by atoms with Crippen molar-refractivity contribution in [1.82, 2.24) is 0 Å². The van der Waals surface area contributed by atoms with Gasteiger partial charge in [-0.05, 0) is 42.0 Å². The highest BCUT2D eigenvalue weighted by molar-refractivity contribution is 9.10. The first-order valence-electron chi connectivity index (χ1n) is 7.65. The van der Waals surface area contributed by atoms with Crippen molar-refractivity contribution in [2.75, 3.05) is 19.0 Å². The minimum Gasteiger partial charge on any atom is -0.493 e. The van der Waals surface area contributed by atoms with E-state index in [0.29, 0.717) is 32.2 Å². The molecule has 28 heavy (non-hydrogen) atoms. The first kappa shape index (κ1) is 21.6. The minimum absolute atomic E-state index is 0.139. The summed E-state index contributed by atoms with van der Waals surface area (Å²) in [7, 11) is 1.44. The van der Waals surface area contributed by atoms with E-state index in [4.69, 9.17) is 37.9 Å². The van der Waals surface area contributed by atoms with Crippen LogP contribution in [-0.4, -0.2) is 19.6 Å². The molecule has 9 heteroatoms. The number of carbonyl (C=O) groups excluding carboxylic acids is 1. The van der Waals surface area contributed by atoms with Crippen LogP contribution in [0.3, 0.4) is 0 Å². The van der Waals surface area contributed by atoms with Crippen molar-refractivity contribution in [3.63, 3.8) is 0 Å². The summed E-state index contributed by atoms with van der Waals surface area (Å²) in [4.78, 5) is 12.4. The first-order valence-corrected chi connectivity index (χ1v) is 9.20. The van der Waals surface area contributed by atoms with Crippen molar-refractivity contribution in [1.29, 1.82) is 10.5 Å². The number of nitrogens with one attached hydrogen (secondary N) is 1. The number of anilines is 1. The van der Waals surface area contributed by atoms with Gasteiger partial charge in [0.25, 0.3) is 5.91 Å². The summed E-state index contributed by atoms with van der Waals surface area (Å²) < 4.78 is 11.1. The lowest BCUT2D eigenvalue weighted by Crippen LogP contribution is -2.13. The van der Waals surface area contributed by atoms with Crippen LogP contribution in [0.5, 0.6) is 11.5 Å². The Morgan fingerprint density at radius 1 is 1.21 bits per heavy atom. The molecule has 0 heterocycles. The molecule has 0 aliphatic rings. The molecule has 0 saturated heterocycles. The maximum absolute atomic E-state index is 12.4. The van der Waals surface area contributed by atoms with Crippen LogP contribution >= 0.6 is 39.1 Å². The molecule has 0 aliphatic carbocycles. The quantitative estimate of drug-likeness (QED) is 0.452. The van der Waals surface area contributed by atoms with E-state index in [1.54, 1.807) is 18.2 Å². The van der Waals surface area contributed by atoms with Crippen molar-refractivity contribution in [3.8, 4) is 23.6 Å². The van der Waals surface area contributed by atoms with E-state index in [2.05, 4.69) is 21.2 Å². The van der Waals surface area contributed by atoms with E-state index >= 15 is 0 Å². The Morgan fingerprint density at radius 2 is 1.96 bits per heavy atom. The van der Waals surface area contributed by atoms with E-state index in [1.165, 1.54) is 25.3 Å². The Kier molecular flexibility index (Phi) is 7.71. The highest BCUT2D eigenvalue weighted by Gasteiger charge is 2.14. The first-order chi connectivity index (χ1) is 13.4. The van der Waals surface area contributed by atoms with E-state index in [0.717, 1.165) is 0 Å². The van der Waals surface area contributed by atoms with Gasteiger partial charge in [0.05, 0.1) is 17.2 Å². The smallest absolute Gasteiger partial charge is 0.266 e. The Hall–Kier alpha value is -2.71. The largest absolute Gasteiger partial charge is 0.493 e. The van der Waals surface area contributed by atoms with Crippen molar-refractivity contribution < 1.29 is 14.3 Å². The van der Waals surface area contributed by atoms with E-state index in [-0.39, 0.29) is 17.2 Å². The lowest BCUT2D eigenvalue weighted by molar-refractivity contribution is -0.112. The van der Waals surface area contributed by atoms with E-state index in [9.17, 15) is 10.1 Å². The maximum atomic E-state index is 12.4. The third kappa shape index (κ3) is 5.40. The monoisotopic (exact) mass is 479 g/mol. The second-order valence-corrected chi connectivity index (χ2v) is 6.89. The second kappa shape index (κ2) is 10.0. The molecule has 0 saturated carbocycles. The molecule has 0 aliphatic heterocycles. The molecule has 2 rings (SSSR count). The molecule has 0 bridgehead atoms. The third-order valence-corrected chi connectivity index (χ3v) is 4.84. The van der Waals surface area contributed by atoms with Crippen molar-refractivity contribution in [3.05, 3.63) is 56.0 Å². The van der Waals surface area contributed by atoms with Gasteiger partial charge in [-0.2, -0.15) is 10.5 Å². The summed E-state index contributed by atoms with van der Waals surface area (Å²) in [6, 6.07) is 11.5.